The molecule has 2 aromatic carbocycles. The van der Waals surface area contributed by atoms with E-state index in [2.05, 4.69) is 11.8 Å². The number of nitrogens with zero attached hydrogens (tertiary/aromatic N) is 4. The zero-order valence-corrected chi connectivity index (χ0v) is 17.8. The molecule has 5 nitrogen and oxygen atoms in total. The highest BCUT2D eigenvalue weighted by Gasteiger charge is 2.28. The van der Waals surface area contributed by atoms with Gasteiger partial charge in [0.15, 0.2) is 0 Å². The van der Waals surface area contributed by atoms with Crippen LogP contribution in [0.1, 0.15) is 26.3 Å². The van der Waals surface area contributed by atoms with E-state index in [4.69, 9.17) is 16.7 Å². The van der Waals surface area contributed by atoms with Crippen LogP contribution in [0.3, 0.4) is 0 Å². The van der Waals surface area contributed by atoms with Gasteiger partial charge in [-0.1, -0.05) is 48.9 Å². The highest BCUT2D eigenvalue weighted by molar-refractivity contribution is 6.31. The van der Waals surface area contributed by atoms with Crippen molar-refractivity contribution in [3.8, 4) is 11.3 Å². The van der Waals surface area contributed by atoms with E-state index in [1.54, 1.807) is 0 Å². The van der Waals surface area contributed by atoms with E-state index in [0.717, 1.165) is 61.3 Å². The molecule has 1 aliphatic rings. The number of aromatic nitrogens is 2. The maximum Gasteiger partial charge on any atom is 0.247 e. The first-order valence-electron chi connectivity index (χ1n) is 10.3. The van der Waals surface area contributed by atoms with Crippen LogP contribution >= 0.6 is 11.6 Å². The van der Waals surface area contributed by atoms with Crippen molar-refractivity contribution in [3.05, 3.63) is 53.6 Å². The summed E-state index contributed by atoms with van der Waals surface area (Å²) >= 11 is 6.27. The fraction of sp³-hybridized carbons (Fsp3) is 0.391. The summed E-state index contributed by atoms with van der Waals surface area (Å²) in [5.74, 6) is 0.125. The first kappa shape index (κ1) is 19.9. The van der Waals surface area contributed by atoms with E-state index >= 15 is 0 Å². The van der Waals surface area contributed by atoms with Crippen LogP contribution in [0.2, 0.25) is 5.02 Å². The van der Waals surface area contributed by atoms with Crippen molar-refractivity contribution in [2.75, 3.05) is 32.7 Å². The summed E-state index contributed by atoms with van der Waals surface area (Å²) in [7, 11) is 0. The van der Waals surface area contributed by atoms with Crippen molar-refractivity contribution in [2.24, 2.45) is 0 Å². The molecule has 6 heteroatoms. The number of rotatable bonds is 5. The summed E-state index contributed by atoms with van der Waals surface area (Å²) in [5, 5.41) is 6.50. The Kier molecular flexibility index (Phi) is 5.88. The predicted molar refractivity (Wildman–Crippen MR) is 118 cm³/mol. The fourth-order valence-electron chi connectivity index (χ4n) is 4.09. The third-order valence-corrected chi connectivity index (χ3v) is 5.90. The molecule has 0 aliphatic carbocycles. The second kappa shape index (κ2) is 8.56. The van der Waals surface area contributed by atoms with Crippen LogP contribution in [-0.4, -0.2) is 58.2 Å². The van der Waals surface area contributed by atoms with Crippen molar-refractivity contribution in [3.63, 3.8) is 0 Å². The van der Waals surface area contributed by atoms with Crippen LogP contribution < -0.4 is 0 Å². The minimum absolute atomic E-state index is 0.125. The van der Waals surface area contributed by atoms with Gasteiger partial charge in [0.05, 0.1) is 5.52 Å². The SMILES string of the molecule is CCCN1CCN(C(=O)C(C)n2nc(-c3ccccc3)c3cc(Cl)ccc32)CC1. The quantitative estimate of drug-likeness (QED) is 0.623. The molecule has 2 heterocycles. The van der Waals surface area contributed by atoms with Gasteiger partial charge in [-0.3, -0.25) is 14.4 Å². The maximum absolute atomic E-state index is 13.2. The number of amides is 1. The summed E-state index contributed by atoms with van der Waals surface area (Å²) in [5.41, 5.74) is 2.81. The molecular formula is C23H27ClN4O. The smallest absolute Gasteiger partial charge is 0.247 e. The van der Waals surface area contributed by atoms with E-state index in [0.29, 0.717) is 5.02 Å². The molecule has 1 aromatic heterocycles. The number of hydrogen-bond donors (Lipinski definition) is 0. The highest BCUT2D eigenvalue weighted by Crippen LogP contribution is 2.32. The molecule has 1 saturated heterocycles. The monoisotopic (exact) mass is 410 g/mol. The lowest BCUT2D eigenvalue weighted by atomic mass is 10.1. The Labute approximate surface area is 176 Å². The van der Waals surface area contributed by atoms with E-state index in [1.807, 2.05) is 65.0 Å². The second-order valence-corrected chi connectivity index (χ2v) is 8.10. The van der Waals surface area contributed by atoms with Crippen LogP contribution in [-0.2, 0) is 4.79 Å². The average molecular weight is 411 g/mol. The first-order valence-corrected chi connectivity index (χ1v) is 10.7. The molecule has 0 bridgehead atoms. The van der Waals surface area contributed by atoms with Gasteiger partial charge in [0, 0.05) is 42.2 Å². The molecule has 0 spiro atoms. The van der Waals surface area contributed by atoms with Crippen molar-refractivity contribution < 1.29 is 4.79 Å². The van der Waals surface area contributed by atoms with Crippen LogP contribution in [0.25, 0.3) is 22.2 Å². The number of hydrogen-bond acceptors (Lipinski definition) is 3. The molecule has 1 unspecified atom stereocenters. The van der Waals surface area contributed by atoms with Gasteiger partial charge < -0.3 is 4.90 Å². The van der Waals surface area contributed by atoms with E-state index in [1.165, 1.54) is 0 Å². The number of piperazine rings is 1. The van der Waals surface area contributed by atoms with Crippen LogP contribution in [0, 0.1) is 0 Å². The Hall–Kier alpha value is -2.37. The summed E-state index contributed by atoms with van der Waals surface area (Å²) in [6, 6.07) is 15.4. The minimum atomic E-state index is -0.367. The van der Waals surface area contributed by atoms with E-state index in [9.17, 15) is 4.79 Å². The van der Waals surface area contributed by atoms with Crippen molar-refractivity contribution >= 4 is 28.4 Å². The molecule has 0 N–H and O–H groups in total. The lowest BCUT2D eigenvalue weighted by Crippen LogP contribution is -2.50. The summed E-state index contributed by atoms with van der Waals surface area (Å²) in [6.07, 6.45) is 1.15. The first-order chi connectivity index (χ1) is 14.1. The Morgan fingerprint density at radius 1 is 1.10 bits per heavy atom. The van der Waals surface area contributed by atoms with Gasteiger partial charge >= 0.3 is 0 Å². The number of halogens is 1. The van der Waals surface area contributed by atoms with Gasteiger partial charge in [-0.25, -0.2) is 0 Å². The van der Waals surface area contributed by atoms with Gasteiger partial charge in [-0.2, -0.15) is 5.10 Å². The lowest BCUT2D eigenvalue weighted by Gasteiger charge is -2.35. The van der Waals surface area contributed by atoms with Gasteiger partial charge in [-0.05, 0) is 38.1 Å². The van der Waals surface area contributed by atoms with Crippen LogP contribution in [0.15, 0.2) is 48.5 Å². The van der Waals surface area contributed by atoms with E-state index < -0.39 is 0 Å². The molecule has 29 heavy (non-hydrogen) atoms. The number of benzene rings is 2. The Bertz CT molecular complexity index is 993. The normalized spacial score (nSPS) is 16.3. The van der Waals surface area contributed by atoms with E-state index in [-0.39, 0.29) is 11.9 Å². The summed E-state index contributed by atoms with van der Waals surface area (Å²) in [6.45, 7) is 8.67. The van der Waals surface area contributed by atoms with Gasteiger partial charge in [0.25, 0.3) is 0 Å². The Morgan fingerprint density at radius 3 is 2.52 bits per heavy atom. The molecule has 152 valence electrons. The molecule has 0 saturated carbocycles. The molecule has 4 rings (SSSR count). The maximum atomic E-state index is 13.2. The fourth-order valence-corrected chi connectivity index (χ4v) is 4.27. The molecule has 1 atom stereocenters. The molecule has 3 aromatic rings. The molecule has 1 amide bonds. The van der Waals surface area contributed by atoms with Gasteiger partial charge in [-0.15, -0.1) is 0 Å². The lowest BCUT2D eigenvalue weighted by molar-refractivity contribution is -0.136. The summed E-state index contributed by atoms with van der Waals surface area (Å²) in [4.78, 5) is 17.6. The zero-order valence-electron chi connectivity index (χ0n) is 17.0. The highest BCUT2D eigenvalue weighted by atomic mass is 35.5. The number of fused-ring (bicyclic) bond motifs is 1. The molecule has 1 fully saturated rings. The van der Waals surface area contributed by atoms with Crippen molar-refractivity contribution in [1.29, 1.82) is 0 Å². The topological polar surface area (TPSA) is 41.4 Å². The zero-order chi connectivity index (χ0) is 20.4. The Morgan fingerprint density at radius 2 is 1.83 bits per heavy atom. The second-order valence-electron chi connectivity index (χ2n) is 7.66. The predicted octanol–water partition coefficient (Wildman–Crippen LogP) is 4.47. The third kappa shape index (κ3) is 4.02. The minimum Gasteiger partial charge on any atom is -0.338 e. The van der Waals surface area contributed by atoms with Gasteiger partial charge in [0.1, 0.15) is 11.7 Å². The number of carbonyl (C=O) groups is 1. The summed E-state index contributed by atoms with van der Waals surface area (Å²) < 4.78 is 1.86. The number of carbonyl (C=O) groups excluding carboxylic acids is 1. The standard InChI is InChI=1S/C23H27ClN4O/c1-3-11-26-12-14-27(15-13-26)23(29)17(2)28-21-10-9-19(24)16-20(21)22(25-28)18-7-5-4-6-8-18/h4-10,16-17H,3,11-15H2,1-2H3. The average Bonchev–Trinajstić information content (AvgIpc) is 3.12. The third-order valence-electron chi connectivity index (χ3n) is 5.66. The Balaban J connectivity index is 1.64. The van der Waals surface area contributed by atoms with Crippen LogP contribution in [0.4, 0.5) is 0 Å². The molecule has 0 radical (unpaired) electrons. The van der Waals surface area contributed by atoms with Crippen molar-refractivity contribution in [1.82, 2.24) is 19.6 Å². The van der Waals surface area contributed by atoms with Crippen molar-refractivity contribution in [2.45, 2.75) is 26.3 Å². The molecular weight excluding hydrogens is 384 g/mol. The van der Waals surface area contributed by atoms with Gasteiger partial charge in [0.2, 0.25) is 5.91 Å². The largest absolute Gasteiger partial charge is 0.338 e. The van der Waals surface area contributed by atoms with Crippen LogP contribution in [0.5, 0.6) is 0 Å². The molecule has 1 aliphatic heterocycles.